The average molecular weight is 364 g/mol. The Balaban J connectivity index is 1.89. The quantitative estimate of drug-likeness (QED) is 0.563. The van der Waals surface area contributed by atoms with Gasteiger partial charge in [0.1, 0.15) is 17.0 Å². The molecule has 26 heavy (non-hydrogen) atoms. The molecule has 6 heteroatoms. The summed E-state index contributed by atoms with van der Waals surface area (Å²) in [6.45, 7) is 4.76. The Hall–Kier alpha value is -2.57. The number of aryl methyl sites for hydroxylation is 2. The number of thiophene rings is 1. The van der Waals surface area contributed by atoms with Crippen molar-refractivity contribution in [2.45, 2.75) is 20.3 Å². The van der Waals surface area contributed by atoms with E-state index in [0.29, 0.717) is 6.54 Å². The van der Waals surface area contributed by atoms with Crippen LogP contribution < -0.4 is 5.32 Å². The van der Waals surface area contributed by atoms with Gasteiger partial charge in [0.15, 0.2) is 0 Å². The van der Waals surface area contributed by atoms with E-state index in [1.165, 1.54) is 16.7 Å². The van der Waals surface area contributed by atoms with Crippen molar-refractivity contribution in [2.24, 2.45) is 0 Å². The van der Waals surface area contributed by atoms with Crippen LogP contribution in [0, 0.1) is 13.8 Å². The molecular weight excluding hydrogens is 344 g/mol. The Labute approximate surface area is 155 Å². The maximum atomic E-state index is 9.08. The van der Waals surface area contributed by atoms with Crippen molar-refractivity contribution in [3.05, 3.63) is 59.0 Å². The summed E-state index contributed by atoms with van der Waals surface area (Å²) in [7, 11) is 0. The number of hydrogen-bond acceptors (Lipinski definition) is 6. The Morgan fingerprint density at radius 3 is 2.69 bits per heavy atom. The third kappa shape index (κ3) is 2.91. The first-order valence-corrected chi connectivity index (χ1v) is 9.42. The first kappa shape index (κ1) is 16.9. The minimum absolute atomic E-state index is 0.0635. The van der Waals surface area contributed by atoms with E-state index in [1.54, 1.807) is 17.7 Å². The number of aromatic nitrogens is 3. The number of pyridine rings is 1. The van der Waals surface area contributed by atoms with E-state index < -0.39 is 0 Å². The zero-order chi connectivity index (χ0) is 18.1. The molecule has 0 unspecified atom stereocenters. The van der Waals surface area contributed by atoms with E-state index in [-0.39, 0.29) is 6.61 Å². The second-order valence-electron chi connectivity index (χ2n) is 6.30. The van der Waals surface area contributed by atoms with Gasteiger partial charge in [-0.05, 0) is 37.0 Å². The van der Waals surface area contributed by atoms with Crippen molar-refractivity contribution in [1.82, 2.24) is 15.0 Å². The molecule has 0 saturated heterocycles. The number of rotatable bonds is 5. The van der Waals surface area contributed by atoms with Gasteiger partial charge in [0.25, 0.3) is 0 Å². The highest BCUT2D eigenvalue weighted by Crippen LogP contribution is 2.38. The summed E-state index contributed by atoms with van der Waals surface area (Å²) in [6.07, 6.45) is 2.43. The number of aliphatic hydroxyl groups is 1. The minimum atomic E-state index is 0.0635. The summed E-state index contributed by atoms with van der Waals surface area (Å²) in [5.41, 5.74) is 5.75. The lowest BCUT2D eigenvalue weighted by Crippen LogP contribution is -2.07. The van der Waals surface area contributed by atoms with Crippen molar-refractivity contribution in [1.29, 1.82) is 0 Å². The summed E-state index contributed by atoms with van der Waals surface area (Å²) in [5, 5.41) is 13.4. The van der Waals surface area contributed by atoms with Crippen LogP contribution in [-0.2, 0) is 6.42 Å². The lowest BCUT2D eigenvalue weighted by molar-refractivity contribution is 0.311. The summed E-state index contributed by atoms with van der Waals surface area (Å²) in [6, 6.07) is 10.5. The van der Waals surface area contributed by atoms with Crippen LogP contribution in [0.5, 0.6) is 0 Å². The maximum Gasteiger partial charge on any atom is 0.147 e. The molecule has 0 atom stereocenters. The van der Waals surface area contributed by atoms with Gasteiger partial charge in [-0.3, -0.25) is 0 Å². The number of benzene rings is 1. The Bertz CT molecular complexity index is 1080. The van der Waals surface area contributed by atoms with Gasteiger partial charge in [0.2, 0.25) is 0 Å². The van der Waals surface area contributed by atoms with Crippen LogP contribution in [0.15, 0.2) is 36.7 Å². The molecule has 0 spiro atoms. The van der Waals surface area contributed by atoms with E-state index in [9.17, 15) is 0 Å². The highest BCUT2D eigenvalue weighted by Gasteiger charge is 2.18. The van der Waals surface area contributed by atoms with Crippen molar-refractivity contribution < 1.29 is 5.11 Å². The summed E-state index contributed by atoms with van der Waals surface area (Å²) in [4.78, 5) is 14.7. The van der Waals surface area contributed by atoms with Crippen molar-refractivity contribution in [3.8, 4) is 0 Å². The van der Waals surface area contributed by atoms with Crippen molar-refractivity contribution in [2.75, 3.05) is 18.5 Å². The number of nitrogens with one attached hydrogen (secondary N) is 1. The molecular formula is C20H20N4OS. The zero-order valence-corrected chi connectivity index (χ0v) is 15.6. The summed E-state index contributed by atoms with van der Waals surface area (Å²) < 4.78 is 0.989. The molecule has 4 aromatic rings. The first-order valence-electron chi connectivity index (χ1n) is 8.61. The molecule has 0 fully saturated rings. The maximum absolute atomic E-state index is 9.08. The van der Waals surface area contributed by atoms with E-state index >= 15 is 0 Å². The number of aliphatic hydroxyl groups excluding tert-OH is 1. The second-order valence-corrected chi connectivity index (χ2v) is 7.29. The molecule has 132 valence electrons. The highest BCUT2D eigenvalue weighted by molar-refractivity contribution is 7.26. The van der Waals surface area contributed by atoms with Crippen molar-refractivity contribution in [3.63, 3.8) is 0 Å². The van der Waals surface area contributed by atoms with Gasteiger partial charge in [0, 0.05) is 17.6 Å². The third-order valence-corrected chi connectivity index (χ3v) is 5.69. The van der Waals surface area contributed by atoms with Crippen LogP contribution in [0.3, 0.4) is 0 Å². The molecule has 0 aliphatic carbocycles. The normalized spacial score (nSPS) is 11.3. The van der Waals surface area contributed by atoms with Gasteiger partial charge in [0.05, 0.1) is 16.8 Å². The van der Waals surface area contributed by atoms with E-state index in [1.807, 2.05) is 6.07 Å². The number of fused-ring (bicyclic) bond motifs is 3. The van der Waals surface area contributed by atoms with Crippen LogP contribution >= 0.6 is 11.3 Å². The summed E-state index contributed by atoms with van der Waals surface area (Å²) >= 11 is 1.60. The van der Waals surface area contributed by atoms with Crippen LogP contribution in [-0.4, -0.2) is 33.2 Å². The third-order valence-electron chi connectivity index (χ3n) is 4.61. The summed E-state index contributed by atoms with van der Waals surface area (Å²) in [5.74, 6) is 0.758. The predicted molar refractivity (Wildman–Crippen MR) is 107 cm³/mol. The fraction of sp³-hybridized carbons (Fsp3) is 0.250. The van der Waals surface area contributed by atoms with Crippen LogP contribution in [0.4, 0.5) is 5.82 Å². The molecule has 2 N–H and O–H groups in total. The molecule has 0 aliphatic rings. The predicted octanol–water partition coefficient (Wildman–Crippen LogP) is 3.85. The van der Waals surface area contributed by atoms with Crippen molar-refractivity contribution >= 4 is 37.6 Å². The smallest absolute Gasteiger partial charge is 0.147 e. The standard InChI is InChI=1S/C20H20N4OS/c1-12-15(10-14-6-4-3-5-7-14)13(2)24-20-16(12)17-18(26-20)19(21-8-9-25)23-11-22-17/h3-7,11,25H,8-10H2,1-2H3,(H,21,22,23). The monoisotopic (exact) mass is 364 g/mol. The fourth-order valence-corrected chi connectivity index (χ4v) is 4.52. The molecule has 0 saturated carbocycles. The highest BCUT2D eigenvalue weighted by atomic mass is 32.1. The molecule has 0 radical (unpaired) electrons. The largest absolute Gasteiger partial charge is 0.395 e. The van der Waals surface area contributed by atoms with Crippen LogP contribution in [0.1, 0.15) is 22.4 Å². The first-order chi connectivity index (χ1) is 12.7. The van der Waals surface area contributed by atoms with Crippen LogP contribution in [0.25, 0.3) is 20.4 Å². The number of hydrogen-bond donors (Lipinski definition) is 2. The molecule has 5 nitrogen and oxygen atoms in total. The minimum Gasteiger partial charge on any atom is -0.395 e. The second kappa shape index (κ2) is 6.97. The van der Waals surface area contributed by atoms with Gasteiger partial charge in [-0.25, -0.2) is 15.0 Å². The SMILES string of the molecule is Cc1nc2sc3c(NCCO)ncnc3c2c(C)c1Cc1ccccc1. The van der Waals surface area contributed by atoms with Gasteiger partial charge in [-0.1, -0.05) is 30.3 Å². The van der Waals surface area contributed by atoms with Gasteiger partial charge in [-0.15, -0.1) is 11.3 Å². The Morgan fingerprint density at radius 1 is 1.12 bits per heavy atom. The molecule has 3 aromatic heterocycles. The van der Waals surface area contributed by atoms with E-state index in [0.717, 1.165) is 38.4 Å². The van der Waals surface area contributed by atoms with E-state index in [4.69, 9.17) is 10.1 Å². The fourth-order valence-electron chi connectivity index (χ4n) is 3.32. The Kier molecular flexibility index (Phi) is 4.53. The van der Waals surface area contributed by atoms with Crippen LogP contribution in [0.2, 0.25) is 0 Å². The molecule has 0 amide bonds. The molecule has 3 heterocycles. The average Bonchev–Trinajstić information content (AvgIpc) is 3.03. The number of nitrogens with zero attached hydrogens (tertiary/aromatic N) is 3. The molecule has 4 rings (SSSR count). The lowest BCUT2D eigenvalue weighted by atomic mass is 9.97. The van der Waals surface area contributed by atoms with E-state index in [2.05, 4.69) is 53.4 Å². The lowest BCUT2D eigenvalue weighted by Gasteiger charge is -2.11. The molecule has 0 bridgehead atoms. The molecule has 0 aliphatic heterocycles. The topological polar surface area (TPSA) is 70.9 Å². The Morgan fingerprint density at radius 2 is 1.92 bits per heavy atom. The zero-order valence-electron chi connectivity index (χ0n) is 14.8. The van der Waals surface area contributed by atoms with Gasteiger partial charge < -0.3 is 10.4 Å². The molecule has 1 aromatic carbocycles. The van der Waals surface area contributed by atoms with Gasteiger partial charge in [-0.2, -0.15) is 0 Å². The number of anilines is 1. The van der Waals surface area contributed by atoms with Gasteiger partial charge >= 0.3 is 0 Å².